The Kier molecular flexibility index (Phi) is 6.21. The fourth-order valence-corrected chi connectivity index (χ4v) is 2.82. The van der Waals surface area contributed by atoms with E-state index in [0.717, 1.165) is 32.1 Å². The van der Waals surface area contributed by atoms with E-state index in [1.54, 1.807) is 7.05 Å². The molecule has 1 amide bonds. The van der Waals surface area contributed by atoms with Gasteiger partial charge in [-0.25, -0.2) is 9.97 Å². The van der Waals surface area contributed by atoms with Crippen molar-refractivity contribution in [3.63, 3.8) is 0 Å². The third-order valence-corrected chi connectivity index (χ3v) is 4.19. The summed E-state index contributed by atoms with van der Waals surface area (Å²) in [5, 5.41) is 10.4. The van der Waals surface area contributed by atoms with Gasteiger partial charge in [-0.15, -0.1) is 0 Å². The molecule has 9 nitrogen and oxygen atoms in total. The number of rotatable bonds is 4. The second-order valence-electron chi connectivity index (χ2n) is 5.45. The normalized spacial score (nSPS) is 17.5. The van der Waals surface area contributed by atoms with Gasteiger partial charge in [0, 0.05) is 32.4 Å². The minimum Gasteiger partial charge on any atom is -0.382 e. The molecule has 1 aromatic rings. The Morgan fingerprint density at radius 3 is 2.83 bits per heavy atom. The SMILES string of the molecule is CN=C(C(C=N)NC(=O)c1nc(Br)cnc1N)N1CCC(N)CC1. The number of halogens is 1. The Morgan fingerprint density at radius 1 is 1.58 bits per heavy atom. The molecule has 24 heavy (non-hydrogen) atoms. The van der Waals surface area contributed by atoms with Gasteiger partial charge in [0.2, 0.25) is 0 Å². The van der Waals surface area contributed by atoms with Crippen LogP contribution in [0.25, 0.3) is 0 Å². The maximum atomic E-state index is 12.4. The number of anilines is 1. The molecule has 0 aromatic carbocycles. The summed E-state index contributed by atoms with van der Waals surface area (Å²) in [7, 11) is 1.64. The van der Waals surface area contributed by atoms with Crippen LogP contribution in [0.4, 0.5) is 5.82 Å². The van der Waals surface area contributed by atoms with Crippen LogP contribution in [0.2, 0.25) is 0 Å². The van der Waals surface area contributed by atoms with E-state index in [4.69, 9.17) is 16.9 Å². The first-order valence-corrected chi connectivity index (χ1v) is 8.32. The molecule has 6 N–H and O–H groups in total. The molecule has 1 unspecified atom stereocenters. The lowest BCUT2D eigenvalue weighted by molar-refractivity contribution is 0.0948. The summed E-state index contributed by atoms with van der Waals surface area (Å²) in [5.74, 6) is 0.134. The summed E-state index contributed by atoms with van der Waals surface area (Å²) in [6.07, 6.45) is 4.25. The van der Waals surface area contributed by atoms with E-state index in [1.165, 1.54) is 6.20 Å². The smallest absolute Gasteiger partial charge is 0.274 e. The summed E-state index contributed by atoms with van der Waals surface area (Å²) in [4.78, 5) is 26.7. The predicted molar refractivity (Wildman–Crippen MR) is 96.3 cm³/mol. The highest BCUT2D eigenvalue weighted by Gasteiger charge is 2.26. The molecule has 1 aliphatic heterocycles. The quantitative estimate of drug-likeness (QED) is 0.416. The highest BCUT2D eigenvalue weighted by molar-refractivity contribution is 9.10. The van der Waals surface area contributed by atoms with Crippen molar-refractivity contribution >= 4 is 39.7 Å². The Balaban J connectivity index is 2.14. The maximum Gasteiger partial charge on any atom is 0.274 e. The van der Waals surface area contributed by atoms with E-state index in [1.807, 2.05) is 4.90 Å². The van der Waals surface area contributed by atoms with Crippen molar-refractivity contribution in [2.24, 2.45) is 10.7 Å². The zero-order chi connectivity index (χ0) is 17.7. The van der Waals surface area contributed by atoms with E-state index < -0.39 is 11.9 Å². The van der Waals surface area contributed by atoms with E-state index in [-0.39, 0.29) is 17.6 Å². The topological polar surface area (TPSA) is 146 Å². The number of nitrogens with one attached hydrogen (secondary N) is 2. The molecule has 0 bridgehead atoms. The van der Waals surface area contributed by atoms with Gasteiger partial charge in [0.05, 0.1) is 6.20 Å². The second-order valence-corrected chi connectivity index (χ2v) is 6.26. The number of aromatic nitrogens is 2. The van der Waals surface area contributed by atoms with Crippen LogP contribution in [0.3, 0.4) is 0 Å². The number of carbonyl (C=O) groups is 1. The van der Waals surface area contributed by atoms with Crippen molar-refractivity contribution < 1.29 is 4.79 Å². The third kappa shape index (κ3) is 4.26. The average molecular weight is 397 g/mol. The maximum absolute atomic E-state index is 12.4. The van der Waals surface area contributed by atoms with Crippen molar-refractivity contribution in [3.8, 4) is 0 Å². The van der Waals surface area contributed by atoms with Crippen LogP contribution < -0.4 is 16.8 Å². The molecule has 1 aliphatic rings. The lowest BCUT2D eigenvalue weighted by Gasteiger charge is -2.34. The van der Waals surface area contributed by atoms with Gasteiger partial charge in [-0.05, 0) is 28.8 Å². The van der Waals surface area contributed by atoms with Crippen molar-refractivity contribution in [1.82, 2.24) is 20.2 Å². The number of nitrogens with two attached hydrogens (primary N) is 2. The number of nitrogen functional groups attached to an aromatic ring is 1. The highest BCUT2D eigenvalue weighted by atomic mass is 79.9. The molecule has 0 aliphatic carbocycles. The van der Waals surface area contributed by atoms with Crippen LogP contribution >= 0.6 is 15.9 Å². The summed E-state index contributed by atoms with van der Waals surface area (Å²) in [6, 6.07) is -0.485. The van der Waals surface area contributed by atoms with Crippen LogP contribution in [-0.2, 0) is 0 Å². The molecule has 1 saturated heterocycles. The molecule has 0 spiro atoms. The minimum absolute atomic E-state index is 0.00680. The Bertz CT molecular complexity index is 642. The molecule has 2 heterocycles. The van der Waals surface area contributed by atoms with Crippen molar-refractivity contribution in [2.75, 3.05) is 25.9 Å². The first-order valence-electron chi connectivity index (χ1n) is 7.53. The monoisotopic (exact) mass is 396 g/mol. The molecular weight excluding hydrogens is 376 g/mol. The lowest BCUT2D eigenvalue weighted by atomic mass is 10.0. The molecular formula is C14H21BrN8O. The number of amides is 1. The van der Waals surface area contributed by atoms with Crippen molar-refractivity contribution in [2.45, 2.75) is 24.9 Å². The number of likely N-dealkylation sites (tertiary alicyclic amines) is 1. The van der Waals surface area contributed by atoms with E-state index in [2.05, 4.69) is 36.2 Å². The molecule has 130 valence electrons. The van der Waals surface area contributed by atoms with Gasteiger partial charge in [-0.1, -0.05) is 0 Å². The molecule has 2 rings (SSSR count). The Labute approximate surface area is 148 Å². The number of nitrogens with zero attached hydrogens (tertiary/aromatic N) is 4. The average Bonchev–Trinajstić information content (AvgIpc) is 2.58. The van der Waals surface area contributed by atoms with Gasteiger partial charge in [-0.3, -0.25) is 9.79 Å². The minimum atomic E-state index is -0.669. The molecule has 1 fully saturated rings. The van der Waals surface area contributed by atoms with Gasteiger partial charge >= 0.3 is 0 Å². The summed E-state index contributed by atoms with van der Waals surface area (Å²) < 4.78 is 0.405. The number of aliphatic imine (C=N–C) groups is 1. The van der Waals surface area contributed by atoms with Gasteiger partial charge in [0.15, 0.2) is 11.5 Å². The Hall–Kier alpha value is -2.07. The number of piperidine rings is 1. The lowest BCUT2D eigenvalue weighted by Crippen LogP contribution is -2.53. The standard InChI is InChI=1S/C14H21BrN8O/c1-19-13(23-4-2-8(17)3-5-23)9(6-16)21-14(24)11-12(18)20-7-10(15)22-11/h6-9,16H,2-5,17H2,1H3,(H2,18,20)(H,21,24). The highest BCUT2D eigenvalue weighted by Crippen LogP contribution is 2.13. The third-order valence-electron chi connectivity index (χ3n) is 3.81. The summed E-state index contributed by atoms with van der Waals surface area (Å²) in [6.45, 7) is 1.49. The van der Waals surface area contributed by atoms with Gasteiger partial charge in [0.25, 0.3) is 5.91 Å². The zero-order valence-corrected chi connectivity index (χ0v) is 15.0. The zero-order valence-electron chi connectivity index (χ0n) is 13.4. The van der Waals surface area contributed by atoms with E-state index in [9.17, 15) is 4.79 Å². The number of hydrogen-bond donors (Lipinski definition) is 4. The summed E-state index contributed by atoms with van der Waals surface area (Å²) >= 11 is 3.16. The largest absolute Gasteiger partial charge is 0.382 e. The molecule has 0 radical (unpaired) electrons. The molecule has 10 heteroatoms. The fourth-order valence-electron chi connectivity index (χ4n) is 2.54. The van der Waals surface area contributed by atoms with Crippen LogP contribution in [-0.4, -0.2) is 65.0 Å². The second kappa shape index (κ2) is 8.15. The Morgan fingerprint density at radius 2 is 2.25 bits per heavy atom. The fraction of sp³-hybridized carbons (Fsp3) is 0.500. The van der Waals surface area contributed by atoms with Crippen molar-refractivity contribution in [1.29, 1.82) is 5.41 Å². The molecule has 1 aromatic heterocycles. The van der Waals surface area contributed by atoms with Crippen LogP contribution in [0.1, 0.15) is 23.3 Å². The first kappa shape index (κ1) is 18.3. The van der Waals surface area contributed by atoms with E-state index in [0.29, 0.717) is 10.4 Å². The van der Waals surface area contributed by atoms with E-state index >= 15 is 0 Å². The van der Waals surface area contributed by atoms with Gasteiger partial charge in [-0.2, -0.15) is 0 Å². The number of hydrogen-bond acceptors (Lipinski definition) is 7. The van der Waals surface area contributed by atoms with Crippen LogP contribution in [0.15, 0.2) is 15.8 Å². The van der Waals surface area contributed by atoms with Gasteiger partial charge < -0.3 is 27.1 Å². The number of carbonyl (C=O) groups excluding carboxylic acids is 1. The predicted octanol–water partition coefficient (Wildman–Crippen LogP) is 0.0207. The molecule has 0 saturated carbocycles. The first-order chi connectivity index (χ1) is 11.5. The number of amidine groups is 1. The van der Waals surface area contributed by atoms with Crippen LogP contribution in [0.5, 0.6) is 0 Å². The van der Waals surface area contributed by atoms with Gasteiger partial charge in [0.1, 0.15) is 16.5 Å². The van der Waals surface area contributed by atoms with Crippen LogP contribution in [0, 0.1) is 5.41 Å². The van der Waals surface area contributed by atoms with Crippen molar-refractivity contribution in [3.05, 3.63) is 16.5 Å². The summed E-state index contributed by atoms with van der Waals surface area (Å²) in [5.41, 5.74) is 11.6. The molecule has 1 atom stereocenters.